The van der Waals surface area contributed by atoms with Gasteiger partial charge in [0.2, 0.25) is 12.7 Å². The van der Waals surface area contributed by atoms with Gasteiger partial charge in [0.1, 0.15) is 5.76 Å². The Kier molecular flexibility index (Phi) is 5.63. The number of halogens is 1. The van der Waals surface area contributed by atoms with Crippen molar-refractivity contribution < 1.29 is 23.4 Å². The number of amides is 1. The van der Waals surface area contributed by atoms with Crippen LogP contribution in [0.5, 0.6) is 11.5 Å². The van der Waals surface area contributed by atoms with Gasteiger partial charge in [-0.3, -0.25) is 4.79 Å². The lowest BCUT2D eigenvalue weighted by molar-refractivity contribution is -0.127. The fourth-order valence-corrected chi connectivity index (χ4v) is 2.69. The summed E-state index contributed by atoms with van der Waals surface area (Å²) in [7, 11) is 1.60. The van der Waals surface area contributed by atoms with Crippen LogP contribution in [-0.4, -0.2) is 37.9 Å². The molecular weight excluding hydrogens is 346 g/mol. The Labute approximate surface area is 150 Å². The summed E-state index contributed by atoms with van der Waals surface area (Å²) in [6, 6.07) is 7.13. The molecule has 132 valence electrons. The highest BCUT2D eigenvalue weighted by Gasteiger charge is 2.18. The predicted molar refractivity (Wildman–Crippen MR) is 92.6 cm³/mol. The molecule has 6 nitrogen and oxygen atoms in total. The molecule has 0 spiro atoms. The van der Waals surface area contributed by atoms with E-state index in [1.54, 1.807) is 42.5 Å². The van der Waals surface area contributed by atoms with Crippen molar-refractivity contribution in [1.29, 1.82) is 0 Å². The van der Waals surface area contributed by atoms with Crippen LogP contribution in [0.3, 0.4) is 0 Å². The summed E-state index contributed by atoms with van der Waals surface area (Å²) in [4.78, 5) is 14.2. The van der Waals surface area contributed by atoms with Gasteiger partial charge in [-0.2, -0.15) is 0 Å². The number of fused-ring (bicyclic) bond motifs is 1. The first-order chi connectivity index (χ1) is 12.2. The molecule has 0 aliphatic carbocycles. The molecule has 0 bridgehead atoms. The van der Waals surface area contributed by atoms with Gasteiger partial charge >= 0.3 is 0 Å². The fraction of sp³-hybridized carbons (Fsp3) is 0.278. The van der Waals surface area contributed by atoms with Crippen molar-refractivity contribution in [2.45, 2.75) is 6.54 Å². The number of nitrogens with zero attached hydrogens (tertiary/aromatic N) is 1. The molecule has 0 atom stereocenters. The Morgan fingerprint density at radius 2 is 2.28 bits per heavy atom. The minimum atomic E-state index is -0.151. The summed E-state index contributed by atoms with van der Waals surface area (Å²) in [6.45, 7) is 1.43. The van der Waals surface area contributed by atoms with Crippen molar-refractivity contribution in [1.82, 2.24) is 4.90 Å². The number of carbonyl (C=O) groups is 1. The van der Waals surface area contributed by atoms with E-state index in [-0.39, 0.29) is 12.7 Å². The highest BCUT2D eigenvalue weighted by atomic mass is 35.5. The van der Waals surface area contributed by atoms with E-state index in [0.29, 0.717) is 42.0 Å². The molecule has 1 amide bonds. The van der Waals surface area contributed by atoms with E-state index >= 15 is 0 Å². The second kappa shape index (κ2) is 8.09. The topological polar surface area (TPSA) is 61.1 Å². The van der Waals surface area contributed by atoms with E-state index in [0.717, 1.165) is 5.56 Å². The first kappa shape index (κ1) is 17.4. The van der Waals surface area contributed by atoms with Crippen LogP contribution in [0.4, 0.5) is 0 Å². The molecule has 0 saturated carbocycles. The largest absolute Gasteiger partial charge is 0.467 e. The minimum Gasteiger partial charge on any atom is -0.467 e. The van der Waals surface area contributed by atoms with Crippen LogP contribution in [0.1, 0.15) is 11.3 Å². The van der Waals surface area contributed by atoms with Crippen LogP contribution in [-0.2, 0) is 16.1 Å². The van der Waals surface area contributed by atoms with Crippen LogP contribution < -0.4 is 9.47 Å². The molecule has 0 unspecified atom stereocenters. The molecule has 0 N–H and O–H groups in total. The van der Waals surface area contributed by atoms with Crippen LogP contribution in [0.2, 0.25) is 5.02 Å². The highest BCUT2D eigenvalue weighted by Crippen LogP contribution is 2.40. The van der Waals surface area contributed by atoms with Gasteiger partial charge in [0.05, 0.1) is 24.4 Å². The summed E-state index contributed by atoms with van der Waals surface area (Å²) in [5.74, 6) is 1.67. The zero-order chi connectivity index (χ0) is 17.6. The van der Waals surface area contributed by atoms with Crippen molar-refractivity contribution in [3.8, 4) is 11.5 Å². The Morgan fingerprint density at radius 3 is 3.04 bits per heavy atom. The monoisotopic (exact) mass is 363 g/mol. The van der Waals surface area contributed by atoms with Gasteiger partial charge < -0.3 is 23.5 Å². The van der Waals surface area contributed by atoms with Crippen LogP contribution in [0.15, 0.2) is 41.0 Å². The minimum absolute atomic E-state index is 0.148. The smallest absolute Gasteiger partial charge is 0.247 e. The molecule has 3 rings (SSSR count). The molecule has 2 heterocycles. The highest BCUT2D eigenvalue weighted by molar-refractivity contribution is 6.32. The number of rotatable bonds is 7. The molecule has 1 aliphatic heterocycles. The van der Waals surface area contributed by atoms with Crippen molar-refractivity contribution in [2.75, 3.05) is 27.1 Å². The molecular formula is C18H18ClNO5. The lowest BCUT2D eigenvalue weighted by atomic mass is 10.2. The van der Waals surface area contributed by atoms with Gasteiger partial charge in [-0.1, -0.05) is 11.6 Å². The lowest BCUT2D eigenvalue weighted by Crippen LogP contribution is -2.31. The molecule has 2 aromatic rings. The number of furan rings is 1. The number of benzene rings is 1. The third kappa shape index (κ3) is 4.35. The first-order valence-corrected chi connectivity index (χ1v) is 8.12. The molecule has 1 aromatic carbocycles. The molecule has 0 fully saturated rings. The van der Waals surface area contributed by atoms with Crippen molar-refractivity contribution in [2.24, 2.45) is 0 Å². The second-order valence-electron chi connectivity index (χ2n) is 5.40. The number of ether oxygens (including phenoxy) is 3. The maximum atomic E-state index is 12.5. The van der Waals surface area contributed by atoms with Crippen molar-refractivity contribution >= 4 is 23.6 Å². The van der Waals surface area contributed by atoms with Crippen LogP contribution >= 0.6 is 11.6 Å². The Hall–Kier alpha value is -2.44. The Morgan fingerprint density at radius 1 is 1.40 bits per heavy atom. The summed E-state index contributed by atoms with van der Waals surface area (Å²) in [5, 5.41) is 0.453. The van der Waals surface area contributed by atoms with Crippen molar-refractivity contribution in [3.63, 3.8) is 0 Å². The van der Waals surface area contributed by atoms with E-state index in [9.17, 15) is 4.79 Å². The lowest BCUT2D eigenvalue weighted by Gasteiger charge is -2.19. The van der Waals surface area contributed by atoms with E-state index < -0.39 is 0 Å². The third-order valence-corrected chi connectivity index (χ3v) is 3.95. The van der Waals surface area contributed by atoms with Gasteiger partial charge in [0.15, 0.2) is 11.5 Å². The average Bonchev–Trinajstić information content (AvgIpc) is 3.28. The van der Waals surface area contributed by atoms with Gasteiger partial charge in [-0.15, -0.1) is 0 Å². The molecule has 25 heavy (non-hydrogen) atoms. The maximum Gasteiger partial charge on any atom is 0.247 e. The zero-order valence-electron chi connectivity index (χ0n) is 13.7. The van der Waals surface area contributed by atoms with E-state index in [2.05, 4.69) is 0 Å². The van der Waals surface area contributed by atoms with E-state index in [4.69, 9.17) is 30.2 Å². The summed E-state index contributed by atoms with van der Waals surface area (Å²) in [5.41, 5.74) is 0.757. The maximum absolute atomic E-state index is 12.5. The quantitative estimate of drug-likeness (QED) is 0.706. The molecule has 1 aliphatic rings. The number of hydrogen-bond donors (Lipinski definition) is 0. The van der Waals surface area contributed by atoms with Gasteiger partial charge in [-0.25, -0.2) is 0 Å². The fourth-order valence-electron chi connectivity index (χ4n) is 2.42. The number of methoxy groups -OCH3 is 1. The van der Waals surface area contributed by atoms with E-state index in [1.165, 1.54) is 6.08 Å². The predicted octanol–water partition coefficient (Wildman–Crippen LogP) is 3.35. The Bertz CT molecular complexity index is 757. The molecule has 1 aromatic heterocycles. The summed E-state index contributed by atoms with van der Waals surface area (Å²) in [6.07, 6.45) is 4.77. The van der Waals surface area contributed by atoms with Crippen molar-refractivity contribution in [3.05, 3.63) is 53.0 Å². The zero-order valence-corrected chi connectivity index (χ0v) is 14.5. The standard InChI is InChI=1S/C18H18ClNO5/c1-22-8-6-20(11-14-3-2-7-23-14)17(21)5-4-13-9-15(19)18-16(10-13)24-12-25-18/h2-5,7,9-10H,6,8,11-12H2,1H3/b5-4+. The van der Waals surface area contributed by atoms with Crippen LogP contribution in [0.25, 0.3) is 6.08 Å². The van der Waals surface area contributed by atoms with Crippen LogP contribution in [0, 0.1) is 0 Å². The first-order valence-electron chi connectivity index (χ1n) is 7.75. The molecule has 7 heteroatoms. The number of hydrogen-bond acceptors (Lipinski definition) is 5. The summed E-state index contributed by atoms with van der Waals surface area (Å²) < 4.78 is 21.0. The molecule has 0 saturated heterocycles. The molecule has 0 radical (unpaired) electrons. The Balaban J connectivity index is 1.71. The third-order valence-electron chi connectivity index (χ3n) is 3.67. The normalized spacial score (nSPS) is 12.7. The number of carbonyl (C=O) groups excluding carboxylic acids is 1. The second-order valence-corrected chi connectivity index (χ2v) is 5.81. The summed E-state index contributed by atoms with van der Waals surface area (Å²) >= 11 is 6.15. The average molecular weight is 364 g/mol. The van der Waals surface area contributed by atoms with Gasteiger partial charge in [0, 0.05) is 19.7 Å². The van der Waals surface area contributed by atoms with Gasteiger partial charge in [0.25, 0.3) is 0 Å². The van der Waals surface area contributed by atoms with Gasteiger partial charge in [-0.05, 0) is 35.9 Å². The SMILES string of the molecule is COCCN(Cc1ccco1)C(=O)/C=C/c1cc(Cl)c2c(c1)OCO2. The van der Waals surface area contributed by atoms with E-state index in [1.807, 2.05) is 6.07 Å².